The first-order valence-electron chi connectivity index (χ1n) is 6.38. The van der Waals surface area contributed by atoms with E-state index in [9.17, 15) is 0 Å². The molecule has 0 bridgehead atoms. The molecule has 1 aromatic heterocycles. The Bertz CT molecular complexity index is 579. The number of aromatic nitrogens is 2. The molecule has 0 aliphatic carbocycles. The highest BCUT2D eigenvalue weighted by Gasteiger charge is 2.15. The van der Waals surface area contributed by atoms with Crippen molar-refractivity contribution < 1.29 is 0 Å². The molecular weight excluding hydrogens is 256 g/mol. The molecule has 0 aliphatic rings. The summed E-state index contributed by atoms with van der Waals surface area (Å²) in [4.78, 5) is 2.70. The van der Waals surface area contributed by atoms with Crippen molar-refractivity contribution in [1.29, 1.82) is 0 Å². The molecule has 100 valence electrons. The van der Waals surface area contributed by atoms with Gasteiger partial charge in [-0.1, -0.05) is 43.4 Å². The molecule has 0 spiro atoms. The standard InChI is InChI=1S/C14H18N4S/c1-3-18(9-10(2)13(15)19)14-12-7-5-4-6-11(12)8-16-17-14/h4-8,10H,3,9H2,1-2H3,(H2,15,19). The highest BCUT2D eigenvalue weighted by molar-refractivity contribution is 7.80. The van der Waals surface area contributed by atoms with Gasteiger partial charge in [-0.3, -0.25) is 0 Å². The topological polar surface area (TPSA) is 55.0 Å². The van der Waals surface area contributed by atoms with E-state index in [2.05, 4.69) is 28.1 Å². The van der Waals surface area contributed by atoms with Gasteiger partial charge in [0, 0.05) is 29.8 Å². The zero-order valence-corrected chi connectivity index (χ0v) is 12.0. The summed E-state index contributed by atoms with van der Waals surface area (Å²) in [6.45, 7) is 5.73. The van der Waals surface area contributed by atoms with E-state index in [1.165, 1.54) is 0 Å². The molecule has 1 heterocycles. The van der Waals surface area contributed by atoms with Crippen LogP contribution in [0.1, 0.15) is 13.8 Å². The average molecular weight is 274 g/mol. The Morgan fingerprint density at radius 2 is 2.16 bits per heavy atom. The SMILES string of the molecule is CCN(CC(C)C(N)=S)c1nncc2ccccc12. The first-order valence-corrected chi connectivity index (χ1v) is 6.79. The van der Waals surface area contributed by atoms with E-state index in [0.717, 1.165) is 29.7 Å². The van der Waals surface area contributed by atoms with Crippen LogP contribution in [0.15, 0.2) is 30.5 Å². The van der Waals surface area contributed by atoms with Crippen molar-refractivity contribution in [2.45, 2.75) is 13.8 Å². The van der Waals surface area contributed by atoms with E-state index in [0.29, 0.717) is 4.99 Å². The second-order valence-electron chi connectivity index (χ2n) is 4.60. The van der Waals surface area contributed by atoms with Crippen molar-refractivity contribution in [3.63, 3.8) is 0 Å². The molecule has 1 aromatic carbocycles. The fraction of sp³-hybridized carbons (Fsp3) is 0.357. The summed E-state index contributed by atoms with van der Waals surface area (Å²) in [5.41, 5.74) is 5.70. The summed E-state index contributed by atoms with van der Waals surface area (Å²) < 4.78 is 0. The van der Waals surface area contributed by atoms with Crippen molar-refractivity contribution in [1.82, 2.24) is 10.2 Å². The third-order valence-electron chi connectivity index (χ3n) is 3.21. The Kier molecular flexibility index (Phi) is 4.27. The van der Waals surface area contributed by atoms with Crippen LogP contribution in [0.25, 0.3) is 10.8 Å². The zero-order chi connectivity index (χ0) is 13.8. The molecule has 2 rings (SSSR count). The molecule has 0 fully saturated rings. The lowest BCUT2D eigenvalue weighted by Gasteiger charge is -2.25. The van der Waals surface area contributed by atoms with Crippen LogP contribution in [0.3, 0.4) is 0 Å². The average Bonchev–Trinajstić information content (AvgIpc) is 2.44. The van der Waals surface area contributed by atoms with Crippen molar-refractivity contribution in [2.24, 2.45) is 11.7 Å². The molecule has 0 aliphatic heterocycles. The van der Waals surface area contributed by atoms with E-state index >= 15 is 0 Å². The molecule has 0 amide bonds. The van der Waals surface area contributed by atoms with Crippen molar-refractivity contribution in [2.75, 3.05) is 18.0 Å². The van der Waals surface area contributed by atoms with Crippen molar-refractivity contribution in [3.8, 4) is 0 Å². The molecule has 0 saturated carbocycles. The largest absolute Gasteiger partial charge is 0.393 e. The minimum absolute atomic E-state index is 0.149. The smallest absolute Gasteiger partial charge is 0.159 e. The Morgan fingerprint density at radius 1 is 1.42 bits per heavy atom. The monoisotopic (exact) mass is 274 g/mol. The maximum absolute atomic E-state index is 5.70. The fourth-order valence-corrected chi connectivity index (χ4v) is 2.11. The van der Waals surface area contributed by atoms with Gasteiger partial charge in [0.1, 0.15) is 0 Å². The molecule has 19 heavy (non-hydrogen) atoms. The Balaban J connectivity index is 2.38. The van der Waals surface area contributed by atoms with Gasteiger partial charge in [0.05, 0.1) is 11.2 Å². The summed E-state index contributed by atoms with van der Waals surface area (Å²) in [6, 6.07) is 8.12. The molecule has 1 unspecified atom stereocenters. The summed E-state index contributed by atoms with van der Waals surface area (Å²) in [5, 5.41) is 10.6. The molecule has 5 heteroatoms. The maximum Gasteiger partial charge on any atom is 0.159 e. The summed E-state index contributed by atoms with van der Waals surface area (Å²) in [7, 11) is 0. The van der Waals surface area contributed by atoms with Gasteiger partial charge in [-0.25, -0.2) is 0 Å². The second-order valence-corrected chi connectivity index (χ2v) is 5.07. The van der Waals surface area contributed by atoms with Crippen LogP contribution in [-0.4, -0.2) is 28.3 Å². The highest BCUT2D eigenvalue weighted by atomic mass is 32.1. The van der Waals surface area contributed by atoms with E-state index < -0.39 is 0 Å². The number of hydrogen-bond donors (Lipinski definition) is 1. The van der Waals surface area contributed by atoms with Crippen LogP contribution < -0.4 is 10.6 Å². The number of benzene rings is 1. The second kappa shape index (κ2) is 5.93. The van der Waals surface area contributed by atoms with Crippen LogP contribution >= 0.6 is 12.2 Å². The molecule has 2 aromatic rings. The Labute approximate surface area is 118 Å². The third-order valence-corrected chi connectivity index (χ3v) is 3.61. The molecule has 1 atom stereocenters. The number of fused-ring (bicyclic) bond motifs is 1. The summed E-state index contributed by atoms with van der Waals surface area (Å²) >= 11 is 5.05. The van der Waals surface area contributed by atoms with Gasteiger partial charge >= 0.3 is 0 Å². The molecule has 4 nitrogen and oxygen atoms in total. The zero-order valence-electron chi connectivity index (χ0n) is 11.2. The molecule has 2 N–H and O–H groups in total. The van der Waals surface area contributed by atoms with Crippen LogP contribution in [0, 0.1) is 5.92 Å². The molecule has 0 radical (unpaired) electrons. The van der Waals surface area contributed by atoms with Gasteiger partial charge in [-0.05, 0) is 6.92 Å². The number of rotatable bonds is 5. The maximum atomic E-state index is 5.70. The number of nitrogens with zero attached hydrogens (tertiary/aromatic N) is 3. The normalized spacial score (nSPS) is 12.3. The number of nitrogens with two attached hydrogens (primary N) is 1. The van der Waals surface area contributed by atoms with Gasteiger partial charge in [0.2, 0.25) is 0 Å². The lowest BCUT2D eigenvalue weighted by molar-refractivity contribution is 0.697. The van der Waals surface area contributed by atoms with Crippen LogP contribution in [0.5, 0.6) is 0 Å². The number of thiocarbonyl (C=S) groups is 1. The molecule has 0 saturated heterocycles. The highest BCUT2D eigenvalue weighted by Crippen LogP contribution is 2.23. The minimum atomic E-state index is 0.149. The predicted octanol–water partition coefficient (Wildman–Crippen LogP) is 2.38. The number of anilines is 1. The van der Waals surface area contributed by atoms with Gasteiger partial charge in [-0.15, -0.1) is 5.10 Å². The first kappa shape index (κ1) is 13.7. The van der Waals surface area contributed by atoms with Crippen LogP contribution in [-0.2, 0) is 0 Å². The fourth-order valence-electron chi connectivity index (χ4n) is 2.03. The lowest BCUT2D eigenvalue weighted by atomic mass is 10.1. The van der Waals surface area contributed by atoms with Crippen molar-refractivity contribution in [3.05, 3.63) is 30.5 Å². The Hall–Kier alpha value is -1.75. The van der Waals surface area contributed by atoms with Gasteiger partial charge in [0.15, 0.2) is 5.82 Å². The summed E-state index contributed by atoms with van der Waals surface area (Å²) in [6.07, 6.45) is 1.78. The van der Waals surface area contributed by atoms with E-state index in [1.54, 1.807) is 6.20 Å². The predicted molar refractivity (Wildman–Crippen MR) is 83.4 cm³/mol. The van der Waals surface area contributed by atoms with E-state index in [1.807, 2.05) is 25.1 Å². The van der Waals surface area contributed by atoms with Gasteiger partial charge in [0.25, 0.3) is 0 Å². The quantitative estimate of drug-likeness (QED) is 0.848. The first-order chi connectivity index (χ1) is 9.13. The van der Waals surface area contributed by atoms with Crippen LogP contribution in [0.4, 0.5) is 5.82 Å². The van der Waals surface area contributed by atoms with Crippen LogP contribution in [0.2, 0.25) is 0 Å². The Morgan fingerprint density at radius 3 is 2.84 bits per heavy atom. The van der Waals surface area contributed by atoms with Gasteiger partial charge < -0.3 is 10.6 Å². The van der Waals surface area contributed by atoms with E-state index in [-0.39, 0.29) is 5.92 Å². The number of hydrogen-bond acceptors (Lipinski definition) is 4. The summed E-state index contributed by atoms with van der Waals surface area (Å²) in [5.74, 6) is 1.04. The van der Waals surface area contributed by atoms with E-state index in [4.69, 9.17) is 18.0 Å². The minimum Gasteiger partial charge on any atom is -0.393 e. The van der Waals surface area contributed by atoms with Crippen molar-refractivity contribution >= 4 is 33.8 Å². The lowest BCUT2D eigenvalue weighted by Crippen LogP contribution is -2.34. The van der Waals surface area contributed by atoms with Gasteiger partial charge in [-0.2, -0.15) is 5.10 Å². The third kappa shape index (κ3) is 2.98. The molecular formula is C14H18N4S.